The number of anilines is 1. The zero-order chi connectivity index (χ0) is 13.9. The molecule has 5 heteroatoms. The van der Waals surface area contributed by atoms with Gasteiger partial charge in [0.25, 0.3) is 5.91 Å². The highest BCUT2D eigenvalue weighted by Crippen LogP contribution is 2.13. The van der Waals surface area contributed by atoms with Crippen LogP contribution >= 0.6 is 0 Å². The number of carbonyl (C=O) groups is 1. The third-order valence-corrected chi connectivity index (χ3v) is 2.82. The van der Waals surface area contributed by atoms with Crippen molar-refractivity contribution in [2.24, 2.45) is 0 Å². The van der Waals surface area contributed by atoms with Gasteiger partial charge in [-0.2, -0.15) is 0 Å². The molecule has 1 amide bonds. The molecule has 0 unspecified atom stereocenters. The Labute approximate surface area is 113 Å². The van der Waals surface area contributed by atoms with Gasteiger partial charge in [0.15, 0.2) is 0 Å². The summed E-state index contributed by atoms with van der Waals surface area (Å²) in [6.45, 7) is 0. The maximum absolute atomic E-state index is 12.1. The molecule has 5 nitrogen and oxygen atoms in total. The van der Waals surface area contributed by atoms with Gasteiger partial charge in [0.05, 0.1) is 0 Å². The fraction of sp³-hybridized carbons (Fsp3) is 0. The Morgan fingerprint density at radius 1 is 1.10 bits per heavy atom. The minimum atomic E-state index is -0.657. The van der Waals surface area contributed by atoms with Crippen LogP contribution in [0, 0.1) is 0 Å². The molecule has 3 aromatic rings. The van der Waals surface area contributed by atoms with E-state index in [0.29, 0.717) is 16.7 Å². The second kappa shape index (κ2) is 4.97. The number of benzene rings is 1. The Kier molecular flexibility index (Phi) is 3.01. The molecule has 0 saturated carbocycles. The van der Waals surface area contributed by atoms with Crippen LogP contribution in [0.25, 0.3) is 11.0 Å². The van der Waals surface area contributed by atoms with Crippen molar-refractivity contribution < 1.29 is 9.21 Å². The lowest BCUT2D eigenvalue weighted by Gasteiger charge is -2.04. The summed E-state index contributed by atoms with van der Waals surface area (Å²) in [5.41, 5.74) is 0.339. The molecule has 2 heterocycles. The number of hydrogen-bond donors (Lipinski definition) is 1. The molecule has 0 fully saturated rings. The fourth-order valence-corrected chi connectivity index (χ4v) is 1.85. The molecular weight excluding hydrogens is 256 g/mol. The van der Waals surface area contributed by atoms with Gasteiger partial charge >= 0.3 is 5.63 Å². The molecule has 0 aliphatic rings. The van der Waals surface area contributed by atoms with Crippen LogP contribution in [-0.2, 0) is 0 Å². The number of nitrogens with zero attached hydrogens (tertiary/aromatic N) is 1. The number of hydrogen-bond acceptors (Lipinski definition) is 4. The minimum absolute atomic E-state index is 0.0273. The van der Waals surface area contributed by atoms with Gasteiger partial charge in [-0.15, -0.1) is 0 Å². The van der Waals surface area contributed by atoms with Crippen LogP contribution in [0.4, 0.5) is 5.69 Å². The quantitative estimate of drug-likeness (QED) is 0.723. The average Bonchev–Trinajstić information content (AvgIpc) is 2.47. The number of carbonyl (C=O) groups excluding carboxylic acids is 1. The molecule has 0 bridgehead atoms. The van der Waals surface area contributed by atoms with Crippen molar-refractivity contribution in [2.45, 2.75) is 0 Å². The fourth-order valence-electron chi connectivity index (χ4n) is 1.85. The maximum Gasteiger partial charge on any atom is 0.349 e. The van der Waals surface area contributed by atoms with Crippen molar-refractivity contribution in [1.82, 2.24) is 4.98 Å². The highest BCUT2D eigenvalue weighted by Gasteiger charge is 2.13. The SMILES string of the molecule is O=C(Nc1ccncc1)c1cc2ccccc2oc1=O. The summed E-state index contributed by atoms with van der Waals surface area (Å²) in [5.74, 6) is -0.504. The number of aromatic nitrogens is 1. The van der Waals surface area contributed by atoms with E-state index in [-0.39, 0.29) is 5.56 Å². The van der Waals surface area contributed by atoms with E-state index in [1.807, 2.05) is 6.07 Å². The van der Waals surface area contributed by atoms with Gasteiger partial charge in [0.2, 0.25) is 0 Å². The normalized spacial score (nSPS) is 10.4. The van der Waals surface area contributed by atoms with Gasteiger partial charge in [-0.25, -0.2) is 4.79 Å². The smallest absolute Gasteiger partial charge is 0.349 e. The summed E-state index contributed by atoms with van der Waals surface area (Å²) in [5, 5.41) is 3.33. The van der Waals surface area contributed by atoms with E-state index in [0.717, 1.165) is 0 Å². The predicted octanol–water partition coefficient (Wildman–Crippen LogP) is 2.44. The Hall–Kier alpha value is -2.95. The van der Waals surface area contributed by atoms with E-state index >= 15 is 0 Å². The maximum atomic E-state index is 12.1. The average molecular weight is 266 g/mol. The topological polar surface area (TPSA) is 72.2 Å². The van der Waals surface area contributed by atoms with E-state index in [9.17, 15) is 9.59 Å². The summed E-state index contributed by atoms with van der Waals surface area (Å²) < 4.78 is 5.12. The van der Waals surface area contributed by atoms with Crippen LogP contribution in [0.2, 0.25) is 0 Å². The van der Waals surface area contributed by atoms with Crippen LogP contribution in [-0.4, -0.2) is 10.9 Å². The summed E-state index contributed by atoms with van der Waals surface area (Å²) in [7, 11) is 0. The van der Waals surface area contributed by atoms with Crippen LogP contribution < -0.4 is 10.9 Å². The number of pyridine rings is 1. The molecule has 0 atom stereocenters. The Morgan fingerprint density at radius 2 is 1.85 bits per heavy atom. The van der Waals surface area contributed by atoms with Crippen LogP contribution in [0.5, 0.6) is 0 Å². The molecular formula is C15H10N2O3. The third kappa shape index (κ3) is 2.29. The molecule has 1 aromatic carbocycles. The highest BCUT2D eigenvalue weighted by molar-refractivity contribution is 6.05. The molecule has 98 valence electrons. The Morgan fingerprint density at radius 3 is 2.65 bits per heavy atom. The Balaban J connectivity index is 1.99. The van der Waals surface area contributed by atoms with Gasteiger partial charge in [-0.1, -0.05) is 18.2 Å². The first-order valence-electron chi connectivity index (χ1n) is 5.98. The second-order valence-corrected chi connectivity index (χ2v) is 4.18. The zero-order valence-corrected chi connectivity index (χ0v) is 10.4. The van der Waals surface area contributed by atoms with Gasteiger partial charge < -0.3 is 9.73 Å². The molecule has 0 aliphatic heterocycles. The molecule has 0 radical (unpaired) electrons. The van der Waals surface area contributed by atoms with Crippen molar-refractivity contribution in [2.75, 3.05) is 5.32 Å². The van der Waals surface area contributed by atoms with Crippen LogP contribution in [0.3, 0.4) is 0 Å². The van der Waals surface area contributed by atoms with Crippen LogP contribution in [0.1, 0.15) is 10.4 Å². The standard InChI is InChI=1S/C15H10N2O3/c18-14(17-11-5-7-16-8-6-11)12-9-10-3-1-2-4-13(10)20-15(12)19/h1-9H,(H,16,17,18). The van der Waals surface area contributed by atoms with Gasteiger partial charge in [-0.05, 0) is 24.3 Å². The van der Waals surface area contributed by atoms with E-state index in [4.69, 9.17) is 4.42 Å². The number of rotatable bonds is 2. The van der Waals surface area contributed by atoms with E-state index in [2.05, 4.69) is 10.3 Å². The number of amides is 1. The molecule has 0 saturated heterocycles. The minimum Gasteiger partial charge on any atom is -0.422 e. The lowest BCUT2D eigenvalue weighted by Crippen LogP contribution is -2.20. The van der Waals surface area contributed by atoms with Crippen molar-refractivity contribution in [3.8, 4) is 0 Å². The summed E-state index contributed by atoms with van der Waals surface area (Å²) in [6.07, 6.45) is 3.11. The number of para-hydroxylation sites is 1. The molecule has 3 rings (SSSR count). The largest absolute Gasteiger partial charge is 0.422 e. The van der Waals surface area contributed by atoms with Crippen LogP contribution in [0.15, 0.2) is 64.1 Å². The first-order chi connectivity index (χ1) is 9.74. The molecule has 1 N–H and O–H groups in total. The van der Waals surface area contributed by atoms with Crippen molar-refractivity contribution in [1.29, 1.82) is 0 Å². The molecule has 0 aliphatic carbocycles. The highest BCUT2D eigenvalue weighted by atomic mass is 16.4. The summed E-state index contributed by atoms with van der Waals surface area (Å²) in [6, 6.07) is 11.8. The lowest BCUT2D eigenvalue weighted by molar-refractivity contribution is 0.102. The van der Waals surface area contributed by atoms with Crippen molar-refractivity contribution in [3.05, 3.63) is 70.8 Å². The molecule has 20 heavy (non-hydrogen) atoms. The summed E-state index contributed by atoms with van der Waals surface area (Å²) >= 11 is 0. The van der Waals surface area contributed by atoms with Gasteiger partial charge in [-0.3, -0.25) is 9.78 Å². The van der Waals surface area contributed by atoms with E-state index in [1.54, 1.807) is 42.7 Å². The lowest BCUT2D eigenvalue weighted by atomic mass is 10.2. The monoisotopic (exact) mass is 266 g/mol. The predicted molar refractivity (Wildman–Crippen MR) is 74.7 cm³/mol. The molecule has 0 spiro atoms. The number of nitrogens with one attached hydrogen (secondary N) is 1. The van der Waals surface area contributed by atoms with Crippen molar-refractivity contribution in [3.63, 3.8) is 0 Å². The molecule has 2 aromatic heterocycles. The van der Waals surface area contributed by atoms with E-state index < -0.39 is 11.5 Å². The van der Waals surface area contributed by atoms with Gasteiger partial charge in [0.1, 0.15) is 11.1 Å². The first kappa shape index (κ1) is 12.1. The zero-order valence-electron chi connectivity index (χ0n) is 10.4. The third-order valence-electron chi connectivity index (χ3n) is 2.82. The van der Waals surface area contributed by atoms with E-state index in [1.165, 1.54) is 6.07 Å². The number of fused-ring (bicyclic) bond motifs is 1. The van der Waals surface area contributed by atoms with Gasteiger partial charge in [0, 0.05) is 23.5 Å². The summed E-state index contributed by atoms with van der Waals surface area (Å²) in [4.78, 5) is 27.8. The Bertz CT molecular complexity index is 825. The first-order valence-corrected chi connectivity index (χ1v) is 5.98. The van der Waals surface area contributed by atoms with Crippen molar-refractivity contribution >= 4 is 22.6 Å². The second-order valence-electron chi connectivity index (χ2n) is 4.18.